The van der Waals surface area contributed by atoms with Crippen molar-refractivity contribution in [3.63, 3.8) is 0 Å². The van der Waals surface area contributed by atoms with Crippen LogP contribution in [0.3, 0.4) is 0 Å². The van der Waals surface area contributed by atoms with E-state index in [-0.39, 0.29) is 21.4 Å². The molecule has 0 radical (unpaired) electrons. The number of ether oxygens (including phenoxy) is 3. The minimum absolute atomic E-state index is 0.0000174. The summed E-state index contributed by atoms with van der Waals surface area (Å²) in [6.45, 7) is 1.87. The molecule has 0 aliphatic rings. The predicted molar refractivity (Wildman–Crippen MR) is 142 cm³/mol. The van der Waals surface area contributed by atoms with Crippen molar-refractivity contribution < 1.29 is 27.0 Å². The van der Waals surface area contributed by atoms with Gasteiger partial charge in [0.05, 0.1) is 37.6 Å². The summed E-state index contributed by atoms with van der Waals surface area (Å²) in [7, 11) is 0.252. The number of anilines is 1. The second kappa shape index (κ2) is 10.8. The Labute approximate surface area is 220 Å². The van der Waals surface area contributed by atoms with Gasteiger partial charge in [-0.1, -0.05) is 24.6 Å². The number of benzene rings is 3. The third-order valence-electron chi connectivity index (χ3n) is 5.98. The molecule has 1 N–H and O–H groups in total. The van der Waals surface area contributed by atoms with Gasteiger partial charge < -0.3 is 14.2 Å². The van der Waals surface area contributed by atoms with Crippen LogP contribution in [0.4, 0.5) is 10.1 Å². The van der Waals surface area contributed by atoms with Crippen molar-refractivity contribution in [1.82, 2.24) is 4.98 Å². The van der Waals surface area contributed by atoms with E-state index in [0.717, 1.165) is 10.9 Å². The Morgan fingerprint density at radius 2 is 1.68 bits per heavy atom. The lowest BCUT2D eigenvalue weighted by atomic mass is 10.0. The number of hydrogen-bond donors (Lipinski definition) is 1. The van der Waals surface area contributed by atoms with E-state index in [9.17, 15) is 8.42 Å². The Morgan fingerprint density at radius 3 is 2.32 bits per heavy atom. The summed E-state index contributed by atoms with van der Waals surface area (Å²) < 4.78 is 59.7. The molecule has 0 saturated heterocycles. The van der Waals surface area contributed by atoms with Crippen LogP contribution in [-0.4, -0.2) is 34.7 Å². The highest BCUT2D eigenvalue weighted by Gasteiger charge is 2.24. The number of aryl methyl sites for hydroxylation is 1. The molecular formula is C27H26ClFN2O5S. The fourth-order valence-electron chi connectivity index (χ4n) is 4.08. The van der Waals surface area contributed by atoms with E-state index in [1.807, 2.05) is 19.1 Å². The van der Waals surface area contributed by atoms with Crippen molar-refractivity contribution in [3.05, 3.63) is 82.3 Å². The number of hydrogen-bond acceptors (Lipinski definition) is 6. The first-order chi connectivity index (χ1) is 17.7. The standard InChI is InChI=1S/C27H26ClFN2O5S/c1-5-16-11-20(28)27(36-4)26(13-16)37(32,33)31-22-7-6-17(12-21(22)29)10-18-8-9-30-23-15-25(35-3)24(34-2)14-19(18)23/h6-9,11-15,31H,5,10H2,1-4H3. The van der Waals surface area contributed by atoms with Crippen LogP contribution >= 0.6 is 11.6 Å². The maximum Gasteiger partial charge on any atom is 0.265 e. The summed E-state index contributed by atoms with van der Waals surface area (Å²) in [5.41, 5.74) is 2.78. The van der Waals surface area contributed by atoms with E-state index >= 15 is 4.39 Å². The Balaban J connectivity index is 1.65. The maximum absolute atomic E-state index is 15.1. The fourth-order valence-corrected chi connectivity index (χ4v) is 5.76. The number of nitrogens with one attached hydrogen (secondary N) is 1. The summed E-state index contributed by atoms with van der Waals surface area (Å²) in [5.74, 6) is 0.406. The maximum atomic E-state index is 15.1. The van der Waals surface area contributed by atoms with Crippen LogP contribution in [0, 0.1) is 5.82 Å². The van der Waals surface area contributed by atoms with Gasteiger partial charge in [-0.15, -0.1) is 0 Å². The van der Waals surface area contributed by atoms with Crippen LogP contribution in [0.1, 0.15) is 23.6 Å². The highest BCUT2D eigenvalue weighted by atomic mass is 35.5. The summed E-state index contributed by atoms with van der Waals surface area (Å²) in [4.78, 5) is 4.24. The first-order valence-corrected chi connectivity index (χ1v) is 13.2. The molecule has 0 fully saturated rings. The molecule has 0 amide bonds. The van der Waals surface area contributed by atoms with Crippen molar-refractivity contribution in [2.75, 3.05) is 26.1 Å². The molecule has 0 bridgehead atoms. The second-order valence-corrected chi connectivity index (χ2v) is 10.3. The molecule has 0 atom stereocenters. The number of methoxy groups -OCH3 is 3. The van der Waals surface area contributed by atoms with E-state index in [2.05, 4.69) is 9.71 Å². The van der Waals surface area contributed by atoms with E-state index in [4.69, 9.17) is 25.8 Å². The van der Waals surface area contributed by atoms with Crippen molar-refractivity contribution in [2.24, 2.45) is 0 Å². The van der Waals surface area contributed by atoms with E-state index < -0.39 is 15.8 Å². The monoisotopic (exact) mass is 544 g/mol. The SMILES string of the molecule is CCc1cc(Cl)c(OC)c(S(=O)(=O)Nc2ccc(Cc3ccnc4cc(OC)c(OC)cc34)cc2F)c1. The second-order valence-electron chi connectivity index (χ2n) is 8.25. The molecule has 3 aromatic carbocycles. The lowest BCUT2D eigenvalue weighted by Gasteiger charge is -2.15. The number of halogens is 2. The van der Waals surface area contributed by atoms with E-state index in [1.165, 1.54) is 25.3 Å². The Hall–Kier alpha value is -3.56. The van der Waals surface area contributed by atoms with Gasteiger partial charge in [0.25, 0.3) is 10.0 Å². The Bertz CT molecular complexity index is 1580. The molecule has 7 nitrogen and oxygen atoms in total. The number of nitrogens with zero attached hydrogens (tertiary/aromatic N) is 1. The molecular weight excluding hydrogens is 519 g/mol. The smallest absolute Gasteiger partial charge is 0.265 e. The van der Waals surface area contributed by atoms with Crippen LogP contribution in [-0.2, 0) is 22.9 Å². The van der Waals surface area contributed by atoms with Crippen molar-refractivity contribution in [1.29, 1.82) is 0 Å². The quantitative estimate of drug-likeness (QED) is 0.278. The van der Waals surface area contributed by atoms with Crippen LogP contribution in [0.2, 0.25) is 5.02 Å². The van der Waals surface area contributed by atoms with Gasteiger partial charge >= 0.3 is 0 Å². The minimum atomic E-state index is -4.18. The molecule has 0 aliphatic carbocycles. The van der Waals surface area contributed by atoms with Crippen LogP contribution in [0.25, 0.3) is 10.9 Å². The summed E-state index contributed by atoms with van der Waals surface area (Å²) >= 11 is 6.22. The summed E-state index contributed by atoms with van der Waals surface area (Å²) in [6.07, 6.45) is 2.63. The number of pyridine rings is 1. The Morgan fingerprint density at radius 1 is 0.946 bits per heavy atom. The molecule has 0 saturated carbocycles. The largest absolute Gasteiger partial charge is 0.494 e. The fraction of sp³-hybridized carbons (Fsp3) is 0.222. The normalized spacial score (nSPS) is 11.4. The number of sulfonamides is 1. The van der Waals surface area contributed by atoms with E-state index in [1.54, 1.807) is 38.6 Å². The predicted octanol–water partition coefficient (Wildman–Crippen LogP) is 6.01. The zero-order chi connectivity index (χ0) is 26.7. The van der Waals surface area contributed by atoms with Gasteiger partial charge in [-0.2, -0.15) is 0 Å². The van der Waals surface area contributed by atoms with Gasteiger partial charge in [0.15, 0.2) is 17.2 Å². The molecule has 1 aromatic heterocycles. The van der Waals surface area contributed by atoms with Gasteiger partial charge in [0, 0.05) is 17.6 Å². The number of aromatic nitrogens is 1. The average Bonchev–Trinajstić information content (AvgIpc) is 2.89. The third kappa shape index (κ3) is 5.42. The molecule has 4 aromatic rings. The van der Waals surface area contributed by atoms with Gasteiger partial charge in [0.1, 0.15) is 10.7 Å². The van der Waals surface area contributed by atoms with Gasteiger partial charge in [-0.25, -0.2) is 12.8 Å². The summed E-state index contributed by atoms with van der Waals surface area (Å²) in [6, 6.07) is 12.9. The minimum Gasteiger partial charge on any atom is -0.494 e. The summed E-state index contributed by atoms with van der Waals surface area (Å²) in [5, 5.41) is 1.00. The zero-order valence-electron chi connectivity index (χ0n) is 20.8. The molecule has 10 heteroatoms. The topological polar surface area (TPSA) is 86.8 Å². The number of rotatable bonds is 9. The molecule has 0 unspecified atom stereocenters. The van der Waals surface area contributed by atoms with Crippen molar-refractivity contribution in [2.45, 2.75) is 24.7 Å². The van der Waals surface area contributed by atoms with Gasteiger partial charge in [-0.05, 0) is 65.9 Å². The highest BCUT2D eigenvalue weighted by molar-refractivity contribution is 7.92. The average molecular weight is 545 g/mol. The van der Waals surface area contributed by atoms with Crippen LogP contribution in [0.5, 0.6) is 17.2 Å². The molecule has 0 spiro atoms. The molecule has 194 valence electrons. The van der Waals surface area contributed by atoms with Crippen LogP contribution in [0.15, 0.2) is 59.6 Å². The molecule has 1 heterocycles. The van der Waals surface area contributed by atoms with Crippen LogP contribution < -0.4 is 18.9 Å². The molecule has 4 rings (SSSR count). The van der Waals surface area contributed by atoms with Crippen molar-refractivity contribution in [3.8, 4) is 17.2 Å². The third-order valence-corrected chi connectivity index (χ3v) is 7.63. The van der Waals surface area contributed by atoms with Gasteiger partial charge in [-0.3, -0.25) is 9.71 Å². The lowest BCUT2D eigenvalue weighted by Crippen LogP contribution is -2.16. The first-order valence-electron chi connectivity index (χ1n) is 11.4. The molecule has 0 aliphatic heterocycles. The highest BCUT2D eigenvalue weighted by Crippen LogP contribution is 2.36. The lowest BCUT2D eigenvalue weighted by molar-refractivity contribution is 0.356. The first kappa shape index (κ1) is 26.5. The van der Waals surface area contributed by atoms with Gasteiger partial charge in [0.2, 0.25) is 0 Å². The number of fused-ring (bicyclic) bond motifs is 1. The van der Waals surface area contributed by atoms with E-state index in [0.29, 0.717) is 41.0 Å². The zero-order valence-corrected chi connectivity index (χ0v) is 22.3. The molecule has 37 heavy (non-hydrogen) atoms. The van der Waals surface area contributed by atoms with Crippen molar-refractivity contribution >= 4 is 38.2 Å². The Kier molecular flexibility index (Phi) is 7.75.